The lowest BCUT2D eigenvalue weighted by atomic mass is 10.1. The largest absolute Gasteiger partial charge is 0.397 e. The van der Waals surface area contributed by atoms with Crippen LogP contribution < -0.4 is 11.1 Å². The average molecular weight is 325 g/mol. The van der Waals surface area contributed by atoms with Crippen molar-refractivity contribution in [3.8, 4) is 17.2 Å². The van der Waals surface area contributed by atoms with Crippen molar-refractivity contribution >= 4 is 22.7 Å². The third kappa shape index (κ3) is 2.66. The molecule has 0 aliphatic rings. The van der Waals surface area contributed by atoms with E-state index < -0.39 is 0 Å². The van der Waals surface area contributed by atoms with E-state index in [2.05, 4.69) is 40.8 Å². The number of nitrogens with zero attached hydrogens (tertiary/aromatic N) is 3. The summed E-state index contributed by atoms with van der Waals surface area (Å²) in [7, 11) is 0. The smallest absolute Gasteiger partial charge is 0.134 e. The molecule has 0 atom stereocenters. The van der Waals surface area contributed by atoms with Crippen molar-refractivity contribution in [1.82, 2.24) is 9.61 Å². The minimum Gasteiger partial charge on any atom is -0.397 e. The lowest BCUT2D eigenvalue weighted by Gasteiger charge is -2.11. The van der Waals surface area contributed by atoms with Crippen LogP contribution in [0.3, 0.4) is 0 Å². The van der Waals surface area contributed by atoms with E-state index in [4.69, 9.17) is 5.73 Å². The van der Waals surface area contributed by atoms with Gasteiger partial charge in [-0.3, -0.25) is 0 Å². The van der Waals surface area contributed by atoms with E-state index in [1.807, 2.05) is 30.3 Å². The second kappa shape index (κ2) is 6.02. The van der Waals surface area contributed by atoms with Crippen LogP contribution in [0, 0.1) is 11.3 Å². The molecule has 0 amide bonds. The minimum absolute atomic E-state index is 0.430. The second-order valence-electron chi connectivity index (χ2n) is 5.67. The van der Waals surface area contributed by atoms with E-state index in [-0.39, 0.29) is 0 Å². The molecule has 0 fully saturated rings. The molecule has 0 bridgehead atoms. The number of rotatable bonds is 3. The van der Waals surface area contributed by atoms with Crippen LogP contribution in [0.15, 0.2) is 72.9 Å². The normalized spacial score (nSPS) is 10.5. The first kappa shape index (κ1) is 14.8. The quantitative estimate of drug-likeness (QED) is 0.591. The maximum Gasteiger partial charge on any atom is 0.134 e. The first-order valence-corrected chi connectivity index (χ1v) is 7.85. The molecule has 0 radical (unpaired) electrons. The summed E-state index contributed by atoms with van der Waals surface area (Å²) < 4.78 is 1.68. The molecule has 0 saturated heterocycles. The van der Waals surface area contributed by atoms with Gasteiger partial charge in [0.15, 0.2) is 0 Å². The van der Waals surface area contributed by atoms with Gasteiger partial charge in [0, 0.05) is 11.8 Å². The molecule has 0 aliphatic heterocycles. The van der Waals surface area contributed by atoms with Crippen LogP contribution in [0.1, 0.15) is 5.56 Å². The number of nitrogen functional groups attached to an aromatic ring is 1. The van der Waals surface area contributed by atoms with Crippen LogP contribution in [0.4, 0.5) is 17.2 Å². The number of anilines is 3. The lowest BCUT2D eigenvalue weighted by molar-refractivity contribution is 0.967. The molecule has 4 aromatic rings. The number of benzene rings is 2. The Morgan fingerprint density at radius 3 is 2.40 bits per heavy atom. The molecule has 2 heterocycles. The summed E-state index contributed by atoms with van der Waals surface area (Å²) >= 11 is 0. The minimum atomic E-state index is 0.430. The van der Waals surface area contributed by atoms with Crippen LogP contribution in [0.2, 0.25) is 0 Å². The number of nitrogens with one attached hydrogen (secondary N) is 1. The Morgan fingerprint density at radius 2 is 1.68 bits per heavy atom. The van der Waals surface area contributed by atoms with Gasteiger partial charge in [0.1, 0.15) is 17.5 Å². The highest BCUT2D eigenvalue weighted by molar-refractivity contribution is 5.77. The number of aromatic nitrogens is 2. The molecule has 0 aliphatic carbocycles. The van der Waals surface area contributed by atoms with Gasteiger partial charge in [-0.25, -0.2) is 4.52 Å². The van der Waals surface area contributed by atoms with E-state index >= 15 is 0 Å². The average Bonchev–Trinajstić information content (AvgIpc) is 3.13. The molecule has 5 nitrogen and oxygen atoms in total. The number of nitrogens with two attached hydrogens (primary N) is 1. The predicted molar refractivity (Wildman–Crippen MR) is 99.5 cm³/mol. The SMILES string of the molecule is N#Cc1c(N)cc(Nc2ccc(-c3ccccc3)cc2)n2nccc12. The van der Waals surface area contributed by atoms with E-state index in [9.17, 15) is 5.26 Å². The Bertz CT molecular complexity index is 1070. The van der Waals surface area contributed by atoms with Gasteiger partial charge in [0.25, 0.3) is 0 Å². The summed E-state index contributed by atoms with van der Waals surface area (Å²) in [5, 5.41) is 16.9. The van der Waals surface area contributed by atoms with Gasteiger partial charge in [0.05, 0.1) is 17.4 Å². The first-order valence-electron chi connectivity index (χ1n) is 7.85. The molecule has 2 aromatic carbocycles. The zero-order chi connectivity index (χ0) is 17.2. The third-order valence-corrected chi connectivity index (χ3v) is 4.08. The fourth-order valence-electron chi connectivity index (χ4n) is 2.85. The second-order valence-corrected chi connectivity index (χ2v) is 5.67. The fraction of sp³-hybridized carbons (Fsp3) is 0. The van der Waals surface area contributed by atoms with Gasteiger partial charge in [-0.2, -0.15) is 10.4 Å². The van der Waals surface area contributed by atoms with Crippen LogP contribution in [0.25, 0.3) is 16.6 Å². The van der Waals surface area contributed by atoms with Gasteiger partial charge in [0.2, 0.25) is 0 Å². The highest BCUT2D eigenvalue weighted by atomic mass is 15.3. The molecule has 0 unspecified atom stereocenters. The van der Waals surface area contributed by atoms with Crippen molar-refractivity contribution in [1.29, 1.82) is 5.26 Å². The van der Waals surface area contributed by atoms with E-state index in [1.54, 1.807) is 22.8 Å². The van der Waals surface area contributed by atoms with Gasteiger partial charge < -0.3 is 11.1 Å². The summed E-state index contributed by atoms with van der Waals surface area (Å²) in [4.78, 5) is 0. The molecule has 0 spiro atoms. The van der Waals surface area contributed by atoms with Gasteiger partial charge >= 0.3 is 0 Å². The maximum atomic E-state index is 9.26. The zero-order valence-corrected chi connectivity index (χ0v) is 13.3. The monoisotopic (exact) mass is 325 g/mol. The van der Waals surface area contributed by atoms with Crippen molar-refractivity contribution in [2.45, 2.75) is 0 Å². The Balaban J connectivity index is 1.68. The summed E-state index contributed by atoms with van der Waals surface area (Å²) in [6.45, 7) is 0. The highest BCUT2D eigenvalue weighted by Gasteiger charge is 2.11. The van der Waals surface area contributed by atoms with Crippen molar-refractivity contribution in [3.63, 3.8) is 0 Å². The van der Waals surface area contributed by atoms with Gasteiger partial charge in [-0.1, -0.05) is 42.5 Å². The standard InChI is InChI=1S/C20H15N5/c21-13-17-18(22)12-20(25-19(17)10-11-23-25)24-16-8-6-15(7-9-16)14-4-2-1-3-5-14/h1-12,24H,22H2. The predicted octanol–water partition coefficient (Wildman–Crippen LogP) is 4.20. The number of pyridine rings is 1. The molecule has 0 saturated carbocycles. The van der Waals surface area contributed by atoms with E-state index in [0.717, 1.165) is 11.3 Å². The Hall–Kier alpha value is -3.78. The molecular formula is C20H15N5. The molecule has 2 aromatic heterocycles. The fourth-order valence-corrected chi connectivity index (χ4v) is 2.85. The van der Waals surface area contributed by atoms with Crippen LogP contribution in [-0.4, -0.2) is 9.61 Å². The molecule has 5 heteroatoms. The Morgan fingerprint density at radius 1 is 0.960 bits per heavy atom. The maximum absolute atomic E-state index is 9.26. The van der Waals surface area contributed by atoms with Crippen molar-refractivity contribution < 1.29 is 0 Å². The van der Waals surface area contributed by atoms with Crippen LogP contribution in [-0.2, 0) is 0 Å². The number of nitriles is 1. The molecule has 25 heavy (non-hydrogen) atoms. The first-order chi connectivity index (χ1) is 12.3. The summed E-state index contributed by atoms with van der Waals surface area (Å²) in [6.07, 6.45) is 1.65. The van der Waals surface area contributed by atoms with E-state index in [1.165, 1.54) is 5.56 Å². The Kier molecular flexibility index (Phi) is 3.56. The number of hydrogen-bond donors (Lipinski definition) is 2. The summed E-state index contributed by atoms with van der Waals surface area (Å²) in [5.74, 6) is 0.712. The lowest BCUT2D eigenvalue weighted by Crippen LogP contribution is -2.03. The van der Waals surface area contributed by atoms with Gasteiger partial charge in [-0.15, -0.1) is 0 Å². The van der Waals surface area contributed by atoms with Crippen molar-refractivity contribution in [2.24, 2.45) is 0 Å². The van der Waals surface area contributed by atoms with Crippen molar-refractivity contribution in [2.75, 3.05) is 11.1 Å². The Labute approximate surface area is 144 Å². The number of hydrogen-bond acceptors (Lipinski definition) is 4. The highest BCUT2D eigenvalue weighted by Crippen LogP contribution is 2.27. The molecule has 3 N–H and O–H groups in total. The topological polar surface area (TPSA) is 79.1 Å². The summed E-state index contributed by atoms with van der Waals surface area (Å²) in [6, 6.07) is 24.0. The molecule has 4 rings (SSSR count). The van der Waals surface area contributed by atoms with Crippen LogP contribution in [0.5, 0.6) is 0 Å². The summed E-state index contributed by atoms with van der Waals surface area (Å²) in [5.41, 5.74) is 10.8. The van der Waals surface area contributed by atoms with E-state index in [0.29, 0.717) is 22.6 Å². The van der Waals surface area contributed by atoms with Gasteiger partial charge in [-0.05, 0) is 29.3 Å². The van der Waals surface area contributed by atoms with Crippen molar-refractivity contribution in [3.05, 3.63) is 78.5 Å². The number of fused-ring (bicyclic) bond motifs is 1. The zero-order valence-electron chi connectivity index (χ0n) is 13.3. The van der Waals surface area contributed by atoms with Crippen LogP contribution >= 0.6 is 0 Å². The molecular weight excluding hydrogens is 310 g/mol. The third-order valence-electron chi connectivity index (χ3n) is 4.08. The molecule has 120 valence electrons.